The van der Waals surface area contributed by atoms with Gasteiger partial charge in [0.15, 0.2) is 0 Å². The second kappa shape index (κ2) is 5.41. The summed E-state index contributed by atoms with van der Waals surface area (Å²) in [6.45, 7) is 0.0578. The van der Waals surface area contributed by atoms with Crippen molar-refractivity contribution in [3.63, 3.8) is 0 Å². The Morgan fingerprint density at radius 3 is 3.22 bits per heavy atom. The Hall–Kier alpha value is -3.42. The van der Waals surface area contributed by atoms with Gasteiger partial charge < -0.3 is 9.15 Å². The minimum Gasteiger partial charge on any atom is -0.472 e. The quantitative estimate of drug-likeness (QED) is 0.579. The predicted molar refractivity (Wildman–Crippen MR) is 78.4 cm³/mol. The van der Waals surface area contributed by atoms with Crippen molar-refractivity contribution in [2.75, 3.05) is 0 Å². The maximum absolute atomic E-state index is 12.0. The highest BCUT2D eigenvalue weighted by molar-refractivity contribution is 5.88. The van der Waals surface area contributed by atoms with E-state index in [2.05, 4.69) is 20.2 Å². The molecular weight excluding hydrogens is 298 g/mol. The van der Waals surface area contributed by atoms with E-state index in [1.807, 2.05) is 6.20 Å². The van der Waals surface area contributed by atoms with Crippen LogP contribution in [-0.2, 0) is 11.3 Å². The fourth-order valence-electron chi connectivity index (χ4n) is 2.15. The van der Waals surface area contributed by atoms with Gasteiger partial charge >= 0.3 is 5.97 Å². The SMILES string of the molecule is O=C(OCc1cn2cccnc2n1)c1cc(-c2ccoc2)n[nH]1. The zero-order chi connectivity index (χ0) is 15.6. The summed E-state index contributed by atoms with van der Waals surface area (Å²) in [4.78, 5) is 20.4. The lowest BCUT2D eigenvalue weighted by Gasteiger charge is -1.99. The number of furan rings is 1. The first-order valence-electron chi connectivity index (χ1n) is 6.83. The smallest absolute Gasteiger partial charge is 0.356 e. The molecule has 0 fully saturated rings. The third-order valence-electron chi connectivity index (χ3n) is 3.25. The number of nitrogens with zero attached hydrogens (tertiary/aromatic N) is 4. The maximum Gasteiger partial charge on any atom is 0.356 e. The van der Waals surface area contributed by atoms with Gasteiger partial charge in [0.05, 0.1) is 23.9 Å². The number of fused-ring (bicyclic) bond motifs is 1. The van der Waals surface area contributed by atoms with Crippen molar-refractivity contribution in [3.05, 3.63) is 60.7 Å². The Bertz CT molecular complexity index is 921. The number of aromatic amines is 1. The molecule has 0 aliphatic carbocycles. The van der Waals surface area contributed by atoms with Crippen LogP contribution in [0.15, 0.2) is 53.7 Å². The second-order valence-corrected chi connectivity index (χ2v) is 4.81. The summed E-state index contributed by atoms with van der Waals surface area (Å²) in [5.41, 5.74) is 2.28. The third kappa shape index (κ3) is 2.57. The molecular formula is C15H11N5O3. The van der Waals surface area contributed by atoms with Gasteiger partial charge in [-0.15, -0.1) is 0 Å². The van der Waals surface area contributed by atoms with E-state index in [1.165, 1.54) is 0 Å². The topological polar surface area (TPSA) is 98.3 Å². The minimum absolute atomic E-state index is 0.0578. The number of hydrogen-bond donors (Lipinski definition) is 1. The van der Waals surface area contributed by atoms with E-state index in [1.54, 1.807) is 47.5 Å². The number of esters is 1. The number of carbonyl (C=O) groups is 1. The Labute approximate surface area is 129 Å². The van der Waals surface area contributed by atoms with Crippen LogP contribution in [0.25, 0.3) is 17.0 Å². The van der Waals surface area contributed by atoms with E-state index in [0.717, 1.165) is 5.56 Å². The standard InChI is InChI=1S/C15H11N5O3/c21-14(13-6-12(18-19-13)10-2-5-22-8-10)23-9-11-7-20-4-1-3-16-15(20)17-11/h1-8H,9H2,(H,18,19). The highest BCUT2D eigenvalue weighted by Crippen LogP contribution is 2.18. The highest BCUT2D eigenvalue weighted by Gasteiger charge is 2.14. The maximum atomic E-state index is 12.0. The number of hydrogen-bond acceptors (Lipinski definition) is 6. The highest BCUT2D eigenvalue weighted by atomic mass is 16.5. The number of rotatable bonds is 4. The van der Waals surface area contributed by atoms with Crippen LogP contribution in [-0.4, -0.2) is 30.5 Å². The van der Waals surface area contributed by atoms with Gasteiger partial charge in [-0.3, -0.25) is 9.50 Å². The number of nitrogens with one attached hydrogen (secondary N) is 1. The Morgan fingerprint density at radius 1 is 1.43 bits per heavy atom. The summed E-state index contributed by atoms with van der Waals surface area (Å²) in [5.74, 6) is 0.0552. The molecule has 114 valence electrons. The van der Waals surface area contributed by atoms with Crippen molar-refractivity contribution in [1.82, 2.24) is 24.6 Å². The van der Waals surface area contributed by atoms with Crippen LogP contribution in [0.5, 0.6) is 0 Å². The fraction of sp³-hybridized carbons (Fsp3) is 0.0667. The molecule has 4 aromatic heterocycles. The van der Waals surface area contributed by atoms with Crippen LogP contribution in [0.3, 0.4) is 0 Å². The van der Waals surface area contributed by atoms with Crippen molar-refractivity contribution in [2.45, 2.75) is 6.61 Å². The molecule has 23 heavy (non-hydrogen) atoms. The number of H-pyrrole nitrogens is 1. The molecule has 0 bridgehead atoms. The molecule has 0 radical (unpaired) electrons. The molecule has 0 aliphatic heterocycles. The van der Waals surface area contributed by atoms with Gasteiger partial charge in [-0.25, -0.2) is 14.8 Å². The van der Waals surface area contributed by atoms with Crippen LogP contribution in [0.1, 0.15) is 16.2 Å². The van der Waals surface area contributed by atoms with E-state index < -0.39 is 5.97 Å². The molecule has 4 heterocycles. The van der Waals surface area contributed by atoms with Crippen LogP contribution in [0.4, 0.5) is 0 Å². The Balaban J connectivity index is 1.45. The molecule has 4 rings (SSSR count). The van der Waals surface area contributed by atoms with Crippen molar-refractivity contribution >= 4 is 11.7 Å². The lowest BCUT2D eigenvalue weighted by atomic mass is 10.2. The normalized spacial score (nSPS) is 11.0. The fourth-order valence-corrected chi connectivity index (χ4v) is 2.15. The monoisotopic (exact) mass is 309 g/mol. The molecule has 0 aromatic carbocycles. The van der Waals surface area contributed by atoms with Gasteiger partial charge in [0, 0.05) is 24.2 Å². The first-order chi connectivity index (χ1) is 11.3. The lowest BCUT2D eigenvalue weighted by Crippen LogP contribution is -2.05. The molecule has 4 aromatic rings. The van der Waals surface area contributed by atoms with Crippen molar-refractivity contribution in [1.29, 1.82) is 0 Å². The first kappa shape index (κ1) is 13.3. The molecule has 0 spiro atoms. The molecule has 0 unspecified atom stereocenters. The summed E-state index contributed by atoms with van der Waals surface area (Å²) in [6, 6.07) is 5.17. The number of imidazole rings is 1. The molecule has 0 amide bonds. The van der Waals surface area contributed by atoms with Crippen LogP contribution in [0, 0.1) is 0 Å². The van der Waals surface area contributed by atoms with E-state index >= 15 is 0 Å². The van der Waals surface area contributed by atoms with Gasteiger partial charge in [-0.1, -0.05) is 0 Å². The largest absolute Gasteiger partial charge is 0.472 e. The number of ether oxygens (including phenoxy) is 1. The van der Waals surface area contributed by atoms with Gasteiger partial charge in [0.1, 0.15) is 12.3 Å². The minimum atomic E-state index is -0.503. The molecule has 0 aliphatic rings. The summed E-state index contributed by atoms with van der Waals surface area (Å²) in [7, 11) is 0. The summed E-state index contributed by atoms with van der Waals surface area (Å²) in [6.07, 6.45) is 8.33. The van der Waals surface area contributed by atoms with E-state index in [-0.39, 0.29) is 12.3 Å². The lowest BCUT2D eigenvalue weighted by molar-refractivity contribution is 0.0461. The van der Waals surface area contributed by atoms with Gasteiger partial charge in [0.2, 0.25) is 5.78 Å². The van der Waals surface area contributed by atoms with E-state index in [4.69, 9.17) is 9.15 Å². The molecule has 1 N–H and O–H groups in total. The zero-order valence-electron chi connectivity index (χ0n) is 11.8. The Kier molecular flexibility index (Phi) is 3.12. The molecule has 0 atom stereocenters. The Morgan fingerprint density at radius 2 is 2.39 bits per heavy atom. The predicted octanol–water partition coefficient (Wildman–Crippen LogP) is 2.07. The van der Waals surface area contributed by atoms with Crippen LogP contribution in [0.2, 0.25) is 0 Å². The summed E-state index contributed by atoms with van der Waals surface area (Å²) >= 11 is 0. The summed E-state index contributed by atoms with van der Waals surface area (Å²) < 4.78 is 12.0. The third-order valence-corrected chi connectivity index (χ3v) is 3.25. The molecule has 8 heteroatoms. The average Bonchev–Trinajstić information content (AvgIpc) is 3.31. The van der Waals surface area contributed by atoms with E-state index in [0.29, 0.717) is 17.2 Å². The van der Waals surface area contributed by atoms with Crippen LogP contribution >= 0.6 is 0 Å². The number of aromatic nitrogens is 5. The van der Waals surface area contributed by atoms with Gasteiger partial charge in [0.25, 0.3) is 0 Å². The summed E-state index contributed by atoms with van der Waals surface area (Å²) in [5, 5.41) is 6.71. The van der Waals surface area contributed by atoms with Crippen molar-refractivity contribution in [3.8, 4) is 11.3 Å². The molecule has 8 nitrogen and oxygen atoms in total. The van der Waals surface area contributed by atoms with Gasteiger partial charge in [-0.2, -0.15) is 5.10 Å². The number of carbonyl (C=O) groups excluding carboxylic acids is 1. The second-order valence-electron chi connectivity index (χ2n) is 4.81. The van der Waals surface area contributed by atoms with Crippen molar-refractivity contribution < 1.29 is 13.9 Å². The molecule has 0 saturated heterocycles. The van der Waals surface area contributed by atoms with Gasteiger partial charge in [-0.05, 0) is 18.2 Å². The van der Waals surface area contributed by atoms with Crippen molar-refractivity contribution in [2.24, 2.45) is 0 Å². The zero-order valence-corrected chi connectivity index (χ0v) is 11.8. The average molecular weight is 309 g/mol. The van der Waals surface area contributed by atoms with Crippen LogP contribution < -0.4 is 0 Å². The van der Waals surface area contributed by atoms with E-state index in [9.17, 15) is 4.79 Å². The first-order valence-corrected chi connectivity index (χ1v) is 6.83. The molecule has 0 saturated carbocycles.